The van der Waals surface area contributed by atoms with E-state index in [9.17, 15) is 4.79 Å². The second kappa shape index (κ2) is 10.5. The average molecular weight is 356 g/mol. The Labute approximate surface area is 156 Å². The molecule has 5 nitrogen and oxygen atoms in total. The molecule has 0 heterocycles. The highest BCUT2D eigenvalue weighted by Gasteiger charge is 2.22. The second-order valence-corrected chi connectivity index (χ2v) is 5.71. The van der Waals surface area contributed by atoms with Gasteiger partial charge in [0.2, 0.25) is 0 Å². The van der Waals surface area contributed by atoms with Gasteiger partial charge in [-0.25, -0.2) is 9.69 Å². The monoisotopic (exact) mass is 356 g/mol. The van der Waals surface area contributed by atoms with E-state index in [1.807, 2.05) is 61.5 Å². The standard InChI is InChI=1S/C21H28N2O3/c1-4-22(5-2)16-17-26-21(24)23(18-12-8-7-9-13-18)19-14-10-11-15-20(19)25-6-3/h7-15H,4-6,16-17H2,1-3H3. The van der Waals surface area contributed by atoms with E-state index in [1.165, 1.54) is 0 Å². The summed E-state index contributed by atoms with van der Waals surface area (Å²) in [5.74, 6) is 0.652. The molecule has 140 valence electrons. The van der Waals surface area contributed by atoms with E-state index in [0.717, 1.165) is 18.8 Å². The molecule has 0 fully saturated rings. The van der Waals surface area contributed by atoms with Crippen LogP contribution in [-0.4, -0.2) is 43.8 Å². The molecule has 0 aromatic heterocycles. The van der Waals surface area contributed by atoms with Gasteiger partial charge in [0.05, 0.1) is 18.0 Å². The number of carbonyl (C=O) groups excluding carboxylic acids is 1. The zero-order valence-corrected chi connectivity index (χ0v) is 15.9. The van der Waals surface area contributed by atoms with Crippen molar-refractivity contribution in [3.63, 3.8) is 0 Å². The molecule has 1 amide bonds. The Kier molecular flexibility index (Phi) is 7.96. The molecule has 0 radical (unpaired) electrons. The molecule has 2 aromatic carbocycles. The number of rotatable bonds is 9. The lowest BCUT2D eigenvalue weighted by molar-refractivity contribution is 0.138. The summed E-state index contributed by atoms with van der Waals surface area (Å²) in [6, 6.07) is 17.0. The molecule has 0 spiro atoms. The molecule has 5 heteroatoms. The van der Waals surface area contributed by atoms with Crippen molar-refractivity contribution in [2.75, 3.05) is 37.7 Å². The van der Waals surface area contributed by atoms with Crippen molar-refractivity contribution in [3.8, 4) is 5.75 Å². The van der Waals surface area contributed by atoms with Gasteiger partial charge in [0.1, 0.15) is 12.4 Å². The molecule has 0 unspecified atom stereocenters. The number of ether oxygens (including phenoxy) is 2. The van der Waals surface area contributed by atoms with Gasteiger partial charge in [-0.05, 0) is 44.3 Å². The van der Waals surface area contributed by atoms with E-state index in [4.69, 9.17) is 9.47 Å². The summed E-state index contributed by atoms with van der Waals surface area (Å²) in [6.07, 6.45) is -0.407. The first-order chi connectivity index (χ1) is 12.7. The average Bonchev–Trinajstić information content (AvgIpc) is 2.68. The minimum Gasteiger partial charge on any atom is -0.492 e. The predicted molar refractivity (Wildman–Crippen MR) is 105 cm³/mol. The normalized spacial score (nSPS) is 10.6. The van der Waals surface area contributed by atoms with Crippen LogP contribution in [0.2, 0.25) is 0 Å². The molecular formula is C21H28N2O3. The lowest BCUT2D eigenvalue weighted by atomic mass is 10.2. The molecule has 0 aliphatic rings. The second-order valence-electron chi connectivity index (χ2n) is 5.71. The molecule has 0 atom stereocenters. The first kappa shape index (κ1) is 19.8. The van der Waals surface area contributed by atoms with Gasteiger partial charge in [0.15, 0.2) is 0 Å². The van der Waals surface area contributed by atoms with Gasteiger partial charge < -0.3 is 14.4 Å². The zero-order chi connectivity index (χ0) is 18.8. The van der Waals surface area contributed by atoms with Gasteiger partial charge in [0, 0.05) is 6.54 Å². The van der Waals surface area contributed by atoms with Crippen molar-refractivity contribution in [2.45, 2.75) is 20.8 Å². The zero-order valence-electron chi connectivity index (χ0n) is 15.9. The van der Waals surface area contributed by atoms with E-state index in [1.54, 1.807) is 4.90 Å². The molecule has 2 aromatic rings. The van der Waals surface area contributed by atoms with Crippen LogP contribution >= 0.6 is 0 Å². The Morgan fingerprint density at radius 2 is 1.58 bits per heavy atom. The number of likely N-dealkylation sites (N-methyl/N-ethyl adjacent to an activating group) is 1. The molecule has 0 bridgehead atoms. The van der Waals surface area contributed by atoms with E-state index in [-0.39, 0.29) is 0 Å². The van der Waals surface area contributed by atoms with Gasteiger partial charge in [-0.2, -0.15) is 0 Å². The fraction of sp³-hybridized carbons (Fsp3) is 0.381. The van der Waals surface area contributed by atoms with Crippen LogP contribution < -0.4 is 9.64 Å². The maximum Gasteiger partial charge on any atom is 0.419 e. The van der Waals surface area contributed by atoms with Crippen LogP contribution in [0.4, 0.5) is 16.2 Å². The number of anilines is 2. The van der Waals surface area contributed by atoms with Gasteiger partial charge in [-0.1, -0.05) is 44.2 Å². The third-order valence-corrected chi connectivity index (χ3v) is 4.13. The summed E-state index contributed by atoms with van der Waals surface area (Å²) in [7, 11) is 0. The smallest absolute Gasteiger partial charge is 0.419 e. The maximum atomic E-state index is 12.9. The van der Waals surface area contributed by atoms with Gasteiger partial charge in [-0.15, -0.1) is 0 Å². The molecule has 26 heavy (non-hydrogen) atoms. The fourth-order valence-corrected chi connectivity index (χ4v) is 2.71. The van der Waals surface area contributed by atoms with Crippen molar-refractivity contribution < 1.29 is 14.3 Å². The Morgan fingerprint density at radius 1 is 0.923 bits per heavy atom. The van der Waals surface area contributed by atoms with Crippen molar-refractivity contribution in [1.82, 2.24) is 4.90 Å². The van der Waals surface area contributed by atoms with Crippen LogP contribution in [0.1, 0.15) is 20.8 Å². The number of hydrogen-bond donors (Lipinski definition) is 0. The number of amides is 1. The molecule has 0 aliphatic carbocycles. The number of para-hydroxylation sites is 3. The summed E-state index contributed by atoms with van der Waals surface area (Å²) >= 11 is 0. The van der Waals surface area contributed by atoms with Gasteiger partial charge >= 0.3 is 6.09 Å². The molecular weight excluding hydrogens is 328 g/mol. The summed E-state index contributed by atoms with van der Waals surface area (Å²) in [5, 5.41) is 0. The van der Waals surface area contributed by atoms with Crippen molar-refractivity contribution in [2.24, 2.45) is 0 Å². The predicted octanol–water partition coefficient (Wildman–Crippen LogP) is 4.70. The highest BCUT2D eigenvalue weighted by molar-refractivity contribution is 5.97. The van der Waals surface area contributed by atoms with Gasteiger partial charge in [-0.3, -0.25) is 0 Å². The van der Waals surface area contributed by atoms with Crippen LogP contribution in [-0.2, 0) is 4.74 Å². The molecule has 2 rings (SSSR count). The quantitative estimate of drug-likeness (QED) is 0.653. The Bertz CT molecular complexity index is 672. The van der Waals surface area contributed by atoms with Crippen molar-refractivity contribution in [3.05, 3.63) is 54.6 Å². The van der Waals surface area contributed by atoms with Gasteiger partial charge in [0.25, 0.3) is 0 Å². The lowest BCUT2D eigenvalue weighted by Gasteiger charge is -2.25. The van der Waals surface area contributed by atoms with E-state index >= 15 is 0 Å². The minimum atomic E-state index is -0.407. The van der Waals surface area contributed by atoms with Crippen LogP contribution in [0.15, 0.2) is 54.6 Å². The van der Waals surface area contributed by atoms with E-state index in [2.05, 4.69) is 18.7 Å². The van der Waals surface area contributed by atoms with Crippen LogP contribution in [0, 0.1) is 0 Å². The summed E-state index contributed by atoms with van der Waals surface area (Å²) in [4.78, 5) is 16.7. The number of hydrogen-bond acceptors (Lipinski definition) is 4. The topological polar surface area (TPSA) is 42.0 Å². The molecule has 0 aliphatic heterocycles. The Hall–Kier alpha value is -2.53. The van der Waals surface area contributed by atoms with Crippen LogP contribution in [0.25, 0.3) is 0 Å². The van der Waals surface area contributed by atoms with Crippen LogP contribution in [0.3, 0.4) is 0 Å². The largest absolute Gasteiger partial charge is 0.492 e. The highest BCUT2D eigenvalue weighted by atomic mass is 16.6. The van der Waals surface area contributed by atoms with Crippen molar-refractivity contribution in [1.29, 1.82) is 0 Å². The number of nitrogens with zero attached hydrogens (tertiary/aromatic N) is 2. The number of carbonyl (C=O) groups is 1. The maximum absolute atomic E-state index is 12.9. The highest BCUT2D eigenvalue weighted by Crippen LogP contribution is 2.34. The van der Waals surface area contributed by atoms with Crippen LogP contribution in [0.5, 0.6) is 5.75 Å². The summed E-state index contributed by atoms with van der Waals surface area (Å²) in [6.45, 7) is 9.57. The molecule has 0 N–H and O–H groups in total. The third-order valence-electron chi connectivity index (χ3n) is 4.13. The molecule has 0 saturated carbocycles. The first-order valence-electron chi connectivity index (χ1n) is 9.17. The van der Waals surface area contributed by atoms with E-state index < -0.39 is 6.09 Å². The Balaban J connectivity index is 2.24. The first-order valence-corrected chi connectivity index (χ1v) is 9.17. The summed E-state index contributed by atoms with van der Waals surface area (Å²) < 4.78 is 11.3. The van der Waals surface area contributed by atoms with E-state index in [0.29, 0.717) is 31.2 Å². The third kappa shape index (κ3) is 5.23. The fourth-order valence-electron chi connectivity index (χ4n) is 2.71. The SMILES string of the molecule is CCOc1ccccc1N(C(=O)OCCN(CC)CC)c1ccccc1. The van der Waals surface area contributed by atoms with Crippen molar-refractivity contribution >= 4 is 17.5 Å². The summed E-state index contributed by atoms with van der Waals surface area (Å²) in [5.41, 5.74) is 1.42. The minimum absolute atomic E-state index is 0.348. The lowest BCUT2D eigenvalue weighted by Crippen LogP contribution is -2.32. The number of benzene rings is 2. The molecule has 0 saturated heterocycles. The Morgan fingerprint density at radius 3 is 2.23 bits per heavy atom.